The number of benzene rings is 1. The zero-order valence-corrected chi connectivity index (χ0v) is 12.1. The van der Waals surface area contributed by atoms with Gasteiger partial charge in [0, 0.05) is 0 Å². The van der Waals surface area contributed by atoms with Crippen LogP contribution in [0.2, 0.25) is 0 Å². The van der Waals surface area contributed by atoms with Crippen molar-refractivity contribution in [3.05, 3.63) is 34.4 Å². The third-order valence-corrected chi connectivity index (χ3v) is 3.47. The van der Waals surface area contributed by atoms with Crippen LogP contribution < -0.4 is 0 Å². The van der Waals surface area contributed by atoms with Gasteiger partial charge in [0.1, 0.15) is 0 Å². The monoisotopic (exact) mass is 234 g/mol. The van der Waals surface area contributed by atoms with Crippen LogP contribution in [-0.4, -0.2) is 11.2 Å². The fraction of sp³-hybridized carbons (Fsp3) is 0.625. The second kappa shape index (κ2) is 5.22. The van der Waals surface area contributed by atoms with Gasteiger partial charge in [0.25, 0.3) is 0 Å². The lowest BCUT2D eigenvalue weighted by atomic mass is 9.83. The second-order valence-electron chi connectivity index (χ2n) is 6.10. The fourth-order valence-corrected chi connectivity index (χ4v) is 2.13. The first-order chi connectivity index (χ1) is 7.75. The highest BCUT2D eigenvalue weighted by molar-refractivity contribution is 5.40. The first-order valence-corrected chi connectivity index (χ1v) is 6.54. The van der Waals surface area contributed by atoms with E-state index in [-0.39, 0.29) is 11.5 Å². The zero-order chi connectivity index (χ0) is 13.2. The molecule has 0 radical (unpaired) electrons. The zero-order valence-electron chi connectivity index (χ0n) is 12.1. The van der Waals surface area contributed by atoms with Crippen LogP contribution in [0.1, 0.15) is 56.4 Å². The van der Waals surface area contributed by atoms with Crippen molar-refractivity contribution in [2.75, 3.05) is 0 Å². The quantitative estimate of drug-likeness (QED) is 0.840. The molecule has 0 aliphatic carbocycles. The largest absolute Gasteiger partial charge is 0.393 e. The van der Waals surface area contributed by atoms with E-state index in [2.05, 4.69) is 46.8 Å². The number of aliphatic hydroxyl groups excluding tert-OH is 1. The molecule has 17 heavy (non-hydrogen) atoms. The third-order valence-electron chi connectivity index (χ3n) is 3.47. The molecule has 0 amide bonds. The summed E-state index contributed by atoms with van der Waals surface area (Å²) in [5, 5.41) is 9.79. The standard InChI is InChI=1S/C16H26O/c1-7-14(17)10-15-11(2)8-13(9-12(15)3)16(4,5)6/h8-9,14,17H,7,10H2,1-6H3. The number of aryl methyl sites for hydroxylation is 2. The molecule has 1 aromatic rings. The van der Waals surface area contributed by atoms with Gasteiger partial charge in [-0.25, -0.2) is 0 Å². The molecule has 0 aromatic heterocycles. The normalized spacial score (nSPS) is 13.8. The van der Waals surface area contributed by atoms with Crippen LogP contribution in [0, 0.1) is 13.8 Å². The van der Waals surface area contributed by atoms with Gasteiger partial charge >= 0.3 is 0 Å². The second-order valence-corrected chi connectivity index (χ2v) is 6.10. The maximum atomic E-state index is 9.79. The van der Waals surface area contributed by atoms with Gasteiger partial charge in [-0.3, -0.25) is 0 Å². The lowest BCUT2D eigenvalue weighted by Gasteiger charge is -2.23. The molecule has 1 aromatic carbocycles. The molecule has 0 saturated carbocycles. The summed E-state index contributed by atoms with van der Waals surface area (Å²) in [5.74, 6) is 0. The van der Waals surface area contributed by atoms with Crippen molar-refractivity contribution in [1.29, 1.82) is 0 Å². The van der Waals surface area contributed by atoms with Crippen molar-refractivity contribution in [3.8, 4) is 0 Å². The summed E-state index contributed by atoms with van der Waals surface area (Å²) in [6, 6.07) is 4.54. The topological polar surface area (TPSA) is 20.2 Å². The van der Waals surface area contributed by atoms with Gasteiger partial charge in [0.05, 0.1) is 6.10 Å². The molecule has 0 bridgehead atoms. The summed E-state index contributed by atoms with van der Waals surface area (Å²) in [6.07, 6.45) is 1.38. The van der Waals surface area contributed by atoms with E-state index in [1.165, 1.54) is 22.3 Å². The van der Waals surface area contributed by atoms with E-state index in [0.717, 1.165) is 12.8 Å². The Kier molecular flexibility index (Phi) is 4.37. The van der Waals surface area contributed by atoms with Gasteiger partial charge in [-0.15, -0.1) is 0 Å². The molecule has 1 heteroatoms. The summed E-state index contributed by atoms with van der Waals surface area (Å²) in [4.78, 5) is 0. The molecule has 1 rings (SSSR count). The van der Waals surface area contributed by atoms with Crippen molar-refractivity contribution < 1.29 is 5.11 Å². The van der Waals surface area contributed by atoms with Crippen LogP contribution in [0.4, 0.5) is 0 Å². The van der Waals surface area contributed by atoms with Crippen molar-refractivity contribution >= 4 is 0 Å². The van der Waals surface area contributed by atoms with Crippen molar-refractivity contribution in [1.82, 2.24) is 0 Å². The van der Waals surface area contributed by atoms with Gasteiger partial charge in [-0.2, -0.15) is 0 Å². The number of hydrogen-bond acceptors (Lipinski definition) is 1. The third kappa shape index (κ3) is 3.57. The minimum atomic E-state index is -0.215. The first kappa shape index (κ1) is 14.2. The van der Waals surface area contributed by atoms with Crippen LogP contribution in [0.25, 0.3) is 0 Å². The molecule has 1 unspecified atom stereocenters. The highest BCUT2D eigenvalue weighted by atomic mass is 16.3. The van der Waals surface area contributed by atoms with E-state index in [1.54, 1.807) is 0 Å². The van der Waals surface area contributed by atoms with Crippen LogP contribution in [0.3, 0.4) is 0 Å². The van der Waals surface area contributed by atoms with Gasteiger partial charge in [-0.05, 0) is 54.4 Å². The maximum absolute atomic E-state index is 9.79. The average molecular weight is 234 g/mol. The lowest BCUT2D eigenvalue weighted by molar-refractivity contribution is 0.170. The molecule has 0 aliphatic heterocycles. The molecule has 1 atom stereocenters. The Balaban J connectivity index is 3.11. The summed E-state index contributed by atoms with van der Waals surface area (Å²) in [5.41, 5.74) is 5.50. The first-order valence-electron chi connectivity index (χ1n) is 6.54. The molecular weight excluding hydrogens is 208 g/mol. The van der Waals surface area contributed by atoms with E-state index in [4.69, 9.17) is 0 Å². The molecule has 1 nitrogen and oxygen atoms in total. The summed E-state index contributed by atoms with van der Waals surface area (Å²) in [7, 11) is 0. The Morgan fingerprint density at radius 2 is 1.59 bits per heavy atom. The van der Waals surface area contributed by atoms with E-state index in [1.807, 2.05) is 6.92 Å². The Labute approximate surface area is 106 Å². The highest BCUT2D eigenvalue weighted by Crippen LogP contribution is 2.27. The van der Waals surface area contributed by atoms with Crippen LogP contribution in [0.15, 0.2) is 12.1 Å². The molecule has 0 heterocycles. The predicted octanol–water partition coefficient (Wildman–Crippen LogP) is 3.91. The molecule has 0 spiro atoms. The van der Waals surface area contributed by atoms with Crippen molar-refractivity contribution in [2.24, 2.45) is 0 Å². The number of aliphatic hydroxyl groups is 1. The van der Waals surface area contributed by atoms with Gasteiger partial charge < -0.3 is 5.11 Å². The number of rotatable bonds is 3. The lowest BCUT2D eigenvalue weighted by Crippen LogP contribution is -2.15. The fourth-order valence-electron chi connectivity index (χ4n) is 2.13. The van der Waals surface area contributed by atoms with E-state index < -0.39 is 0 Å². The van der Waals surface area contributed by atoms with E-state index in [9.17, 15) is 5.11 Å². The Bertz CT molecular complexity index is 362. The molecule has 96 valence electrons. The molecule has 0 aliphatic rings. The average Bonchev–Trinajstić information content (AvgIpc) is 2.21. The van der Waals surface area contributed by atoms with Gasteiger partial charge in [0.15, 0.2) is 0 Å². The maximum Gasteiger partial charge on any atom is 0.0578 e. The molecule has 1 N–H and O–H groups in total. The van der Waals surface area contributed by atoms with Crippen molar-refractivity contribution in [2.45, 2.75) is 65.9 Å². The predicted molar refractivity (Wildman–Crippen MR) is 74.6 cm³/mol. The van der Waals surface area contributed by atoms with E-state index >= 15 is 0 Å². The summed E-state index contributed by atoms with van der Waals surface area (Å²) >= 11 is 0. The van der Waals surface area contributed by atoms with Crippen LogP contribution in [0.5, 0.6) is 0 Å². The Hall–Kier alpha value is -0.820. The molecular formula is C16H26O. The summed E-state index contributed by atoms with van der Waals surface area (Å²) in [6.45, 7) is 13.0. The smallest absolute Gasteiger partial charge is 0.0578 e. The van der Waals surface area contributed by atoms with Crippen molar-refractivity contribution in [3.63, 3.8) is 0 Å². The van der Waals surface area contributed by atoms with E-state index in [0.29, 0.717) is 0 Å². The molecule has 0 saturated heterocycles. The van der Waals surface area contributed by atoms with Gasteiger partial charge in [-0.1, -0.05) is 39.8 Å². The Morgan fingerprint density at radius 1 is 1.12 bits per heavy atom. The van der Waals surface area contributed by atoms with Gasteiger partial charge in [0.2, 0.25) is 0 Å². The summed E-state index contributed by atoms with van der Waals surface area (Å²) < 4.78 is 0. The minimum absolute atomic E-state index is 0.192. The highest BCUT2D eigenvalue weighted by Gasteiger charge is 2.17. The van der Waals surface area contributed by atoms with Crippen LogP contribution in [-0.2, 0) is 11.8 Å². The molecule has 0 fully saturated rings. The Morgan fingerprint density at radius 3 is 1.94 bits per heavy atom. The SMILES string of the molecule is CCC(O)Cc1c(C)cc(C(C)(C)C)cc1C. The minimum Gasteiger partial charge on any atom is -0.393 e. The number of hydrogen-bond donors (Lipinski definition) is 1. The van der Waals surface area contributed by atoms with Crippen LogP contribution >= 0.6 is 0 Å².